The highest BCUT2D eigenvalue weighted by Gasteiger charge is 2.31. The first-order valence-electron chi connectivity index (χ1n) is 9.40. The van der Waals surface area contributed by atoms with E-state index in [1.165, 1.54) is 10.5 Å². The Morgan fingerprint density at radius 3 is 2.67 bits per heavy atom. The molecule has 0 radical (unpaired) electrons. The molecule has 2 aliphatic rings. The predicted molar refractivity (Wildman–Crippen MR) is 102 cm³/mol. The number of aromatic nitrogens is 1. The van der Waals surface area contributed by atoms with Gasteiger partial charge in [-0.25, -0.2) is 4.98 Å². The van der Waals surface area contributed by atoms with Gasteiger partial charge in [0.2, 0.25) is 5.91 Å². The third kappa shape index (κ3) is 3.94. The molecule has 0 aliphatic carbocycles. The van der Waals surface area contributed by atoms with Gasteiger partial charge < -0.3 is 9.64 Å². The van der Waals surface area contributed by atoms with Crippen LogP contribution in [0.4, 0.5) is 5.82 Å². The average molecular weight is 365 g/mol. The fourth-order valence-electron chi connectivity index (χ4n) is 3.77. The maximum atomic E-state index is 12.8. The summed E-state index contributed by atoms with van der Waals surface area (Å²) in [6.45, 7) is 1.45. The van der Waals surface area contributed by atoms with Crippen molar-refractivity contribution in [1.82, 2.24) is 9.88 Å². The van der Waals surface area contributed by atoms with Gasteiger partial charge in [-0.1, -0.05) is 30.3 Å². The maximum absolute atomic E-state index is 12.8. The van der Waals surface area contributed by atoms with Crippen molar-refractivity contribution in [1.29, 1.82) is 0 Å². The van der Waals surface area contributed by atoms with E-state index < -0.39 is 0 Å². The van der Waals surface area contributed by atoms with E-state index in [1.54, 1.807) is 18.3 Å². The van der Waals surface area contributed by atoms with E-state index in [0.717, 1.165) is 32.4 Å². The largest absolute Gasteiger partial charge is 0.480 e. The molecule has 1 aromatic heterocycles. The summed E-state index contributed by atoms with van der Waals surface area (Å²) in [5.74, 6) is 1.32. The summed E-state index contributed by atoms with van der Waals surface area (Å²) in [6.07, 6.45) is 4.65. The second kappa shape index (κ2) is 7.78. The quantitative estimate of drug-likeness (QED) is 0.834. The highest BCUT2D eigenvalue weighted by molar-refractivity contribution is 6.01. The second-order valence-corrected chi connectivity index (χ2v) is 7.11. The summed E-state index contributed by atoms with van der Waals surface area (Å²) in [6, 6.07) is 14.0. The van der Waals surface area contributed by atoms with Crippen molar-refractivity contribution < 1.29 is 14.3 Å². The van der Waals surface area contributed by atoms with Gasteiger partial charge in [-0.05, 0) is 42.9 Å². The first-order valence-corrected chi connectivity index (χ1v) is 9.40. The molecule has 0 atom stereocenters. The molecule has 1 saturated heterocycles. The molecule has 1 aromatic carbocycles. The van der Waals surface area contributed by atoms with Crippen molar-refractivity contribution in [2.75, 3.05) is 31.1 Å². The minimum atomic E-state index is -0.228. The number of fused-ring (bicyclic) bond motifs is 1. The number of ether oxygens (including phenoxy) is 1. The van der Waals surface area contributed by atoms with E-state index in [-0.39, 0.29) is 25.0 Å². The van der Waals surface area contributed by atoms with E-state index in [2.05, 4.69) is 29.2 Å². The molecule has 2 amide bonds. The molecule has 0 spiro atoms. The number of hydrogen-bond acceptors (Lipinski definition) is 4. The number of pyridine rings is 1. The zero-order chi connectivity index (χ0) is 18.6. The number of rotatable bonds is 4. The zero-order valence-corrected chi connectivity index (χ0v) is 15.2. The fourth-order valence-corrected chi connectivity index (χ4v) is 3.77. The summed E-state index contributed by atoms with van der Waals surface area (Å²) in [5, 5.41) is 0. The van der Waals surface area contributed by atoms with Crippen LogP contribution in [0.3, 0.4) is 0 Å². The molecule has 1 fully saturated rings. The van der Waals surface area contributed by atoms with Crippen LogP contribution >= 0.6 is 0 Å². The number of hydrogen-bond donors (Lipinski definition) is 0. The van der Waals surface area contributed by atoms with E-state index in [0.29, 0.717) is 17.5 Å². The van der Waals surface area contributed by atoms with Crippen molar-refractivity contribution in [2.45, 2.75) is 19.3 Å². The number of nitrogens with zero attached hydrogens (tertiary/aromatic N) is 3. The molecule has 4 rings (SSSR count). The minimum absolute atomic E-state index is 0.0234. The van der Waals surface area contributed by atoms with Gasteiger partial charge in [-0.3, -0.25) is 14.5 Å². The molecule has 2 aliphatic heterocycles. The Labute approximate surface area is 158 Å². The lowest BCUT2D eigenvalue weighted by molar-refractivity contribution is -0.133. The van der Waals surface area contributed by atoms with Crippen molar-refractivity contribution in [3.63, 3.8) is 0 Å². The lowest BCUT2D eigenvalue weighted by Crippen LogP contribution is -2.48. The van der Waals surface area contributed by atoms with E-state index in [1.807, 2.05) is 11.0 Å². The van der Waals surface area contributed by atoms with Crippen LogP contribution in [0.2, 0.25) is 0 Å². The molecule has 140 valence electrons. The van der Waals surface area contributed by atoms with Crippen molar-refractivity contribution >= 4 is 17.6 Å². The predicted octanol–water partition coefficient (Wildman–Crippen LogP) is 2.29. The smallest absolute Gasteiger partial charge is 0.266 e. The van der Waals surface area contributed by atoms with Crippen LogP contribution in [0.25, 0.3) is 0 Å². The Morgan fingerprint density at radius 1 is 1.11 bits per heavy atom. The number of amides is 2. The summed E-state index contributed by atoms with van der Waals surface area (Å²) in [4.78, 5) is 32.5. The van der Waals surface area contributed by atoms with Gasteiger partial charge in [-0.2, -0.15) is 0 Å². The third-order valence-corrected chi connectivity index (χ3v) is 5.29. The molecule has 0 N–H and O–H groups in total. The van der Waals surface area contributed by atoms with Gasteiger partial charge in [0.15, 0.2) is 18.2 Å². The number of anilines is 1. The summed E-state index contributed by atoms with van der Waals surface area (Å²) >= 11 is 0. The normalized spacial score (nSPS) is 17.4. The standard InChI is InChI=1S/C21H23N3O3/c25-19(14-24-20(26)15-27-18-7-4-10-22-21(18)24)23-11-8-17(9-12-23)13-16-5-2-1-3-6-16/h1-7,10,17H,8-9,11-15H2. The van der Waals surface area contributed by atoms with Crippen molar-refractivity contribution in [3.8, 4) is 5.75 Å². The zero-order valence-electron chi connectivity index (χ0n) is 15.2. The number of likely N-dealkylation sites (tertiary alicyclic amines) is 1. The molecule has 6 nitrogen and oxygen atoms in total. The van der Waals surface area contributed by atoms with Crippen LogP contribution in [-0.2, 0) is 16.0 Å². The number of piperidine rings is 1. The van der Waals surface area contributed by atoms with Gasteiger partial charge in [0.05, 0.1) is 0 Å². The Hall–Kier alpha value is -2.89. The van der Waals surface area contributed by atoms with E-state index in [9.17, 15) is 9.59 Å². The highest BCUT2D eigenvalue weighted by Crippen LogP contribution is 2.29. The molecule has 3 heterocycles. The SMILES string of the molecule is O=C(CN1C(=O)COc2cccnc21)N1CCC(Cc2ccccc2)CC1. The van der Waals surface area contributed by atoms with E-state index >= 15 is 0 Å². The molecule has 27 heavy (non-hydrogen) atoms. The van der Waals surface area contributed by atoms with Crippen molar-refractivity contribution in [3.05, 3.63) is 54.2 Å². The number of carbonyl (C=O) groups excluding carboxylic acids is 2. The van der Waals surface area contributed by atoms with Gasteiger partial charge in [0.25, 0.3) is 5.91 Å². The average Bonchev–Trinajstić information content (AvgIpc) is 2.71. The summed E-state index contributed by atoms with van der Waals surface area (Å²) in [7, 11) is 0. The lowest BCUT2D eigenvalue weighted by Gasteiger charge is -2.34. The van der Waals surface area contributed by atoms with Crippen LogP contribution in [0, 0.1) is 5.92 Å². The number of carbonyl (C=O) groups is 2. The Morgan fingerprint density at radius 2 is 1.89 bits per heavy atom. The van der Waals surface area contributed by atoms with Gasteiger partial charge in [-0.15, -0.1) is 0 Å². The van der Waals surface area contributed by atoms with Crippen LogP contribution in [0.1, 0.15) is 18.4 Å². The third-order valence-electron chi connectivity index (χ3n) is 5.29. The molecular weight excluding hydrogens is 342 g/mol. The van der Waals surface area contributed by atoms with Gasteiger partial charge in [0, 0.05) is 19.3 Å². The van der Waals surface area contributed by atoms with Crippen LogP contribution in [0.5, 0.6) is 5.75 Å². The number of benzene rings is 1. The molecule has 0 saturated carbocycles. The summed E-state index contributed by atoms with van der Waals surface area (Å²) in [5.41, 5.74) is 1.35. The minimum Gasteiger partial charge on any atom is -0.480 e. The Bertz CT molecular complexity index is 816. The van der Waals surface area contributed by atoms with Crippen LogP contribution in [-0.4, -0.2) is 47.9 Å². The van der Waals surface area contributed by atoms with Crippen LogP contribution < -0.4 is 9.64 Å². The first kappa shape index (κ1) is 17.5. The maximum Gasteiger partial charge on any atom is 0.266 e. The monoisotopic (exact) mass is 365 g/mol. The Balaban J connectivity index is 1.34. The molecule has 6 heteroatoms. The summed E-state index contributed by atoms with van der Waals surface area (Å²) < 4.78 is 5.39. The van der Waals surface area contributed by atoms with Crippen molar-refractivity contribution in [2.24, 2.45) is 5.92 Å². The highest BCUT2D eigenvalue weighted by atomic mass is 16.5. The van der Waals surface area contributed by atoms with Gasteiger partial charge in [0.1, 0.15) is 6.54 Å². The topological polar surface area (TPSA) is 62.7 Å². The fraction of sp³-hybridized carbons (Fsp3) is 0.381. The lowest BCUT2D eigenvalue weighted by atomic mass is 9.90. The van der Waals surface area contributed by atoms with Gasteiger partial charge >= 0.3 is 0 Å². The second-order valence-electron chi connectivity index (χ2n) is 7.11. The Kier molecular flexibility index (Phi) is 5.05. The molecular formula is C21H23N3O3. The molecule has 0 bridgehead atoms. The first-order chi connectivity index (χ1) is 13.2. The molecule has 2 aromatic rings. The van der Waals surface area contributed by atoms with Crippen LogP contribution in [0.15, 0.2) is 48.7 Å². The van der Waals surface area contributed by atoms with E-state index in [4.69, 9.17) is 4.74 Å². The molecule has 0 unspecified atom stereocenters.